The Morgan fingerprint density at radius 3 is 2.89 bits per heavy atom. The number of phenolic OH excluding ortho intramolecular Hbond substituents is 1. The van der Waals surface area contributed by atoms with E-state index in [9.17, 15) is 9.90 Å². The first-order chi connectivity index (χ1) is 8.58. The summed E-state index contributed by atoms with van der Waals surface area (Å²) in [7, 11) is 1.55. The average molecular weight is 292 g/mol. The van der Waals surface area contributed by atoms with Crippen LogP contribution >= 0.6 is 23.2 Å². The van der Waals surface area contributed by atoms with E-state index >= 15 is 0 Å². The second kappa shape index (κ2) is 7.46. The van der Waals surface area contributed by atoms with Gasteiger partial charge in [-0.05, 0) is 24.6 Å². The number of hydrogen-bond donors (Lipinski definition) is 2. The number of phenols is 1. The van der Waals surface area contributed by atoms with Crippen molar-refractivity contribution in [3.8, 4) is 5.75 Å². The second-order valence-electron chi connectivity index (χ2n) is 3.76. The largest absolute Gasteiger partial charge is 0.507 e. The van der Waals surface area contributed by atoms with Gasteiger partial charge in [-0.15, -0.1) is 11.6 Å². The zero-order valence-electron chi connectivity index (χ0n) is 9.95. The Bertz CT molecular complexity index is 406. The third-order valence-corrected chi connectivity index (χ3v) is 2.82. The molecule has 0 aliphatic rings. The Morgan fingerprint density at radius 1 is 1.56 bits per heavy atom. The highest BCUT2D eigenvalue weighted by molar-refractivity contribution is 6.31. The molecule has 0 saturated heterocycles. The Kier molecular flexibility index (Phi) is 6.25. The SMILES string of the molecule is COCC(CCCl)NC(=O)c1cc(Cl)ccc1O. The lowest BCUT2D eigenvalue weighted by molar-refractivity contribution is 0.0892. The lowest BCUT2D eigenvalue weighted by atomic mass is 10.1. The summed E-state index contributed by atoms with van der Waals surface area (Å²) in [5, 5.41) is 12.7. The fraction of sp³-hybridized carbons (Fsp3) is 0.417. The molecule has 2 N–H and O–H groups in total. The zero-order chi connectivity index (χ0) is 13.5. The minimum atomic E-state index is -0.401. The fourth-order valence-electron chi connectivity index (χ4n) is 1.48. The molecule has 0 saturated carbocycles. The molecule has 0 bridgehead atoms. The molecule has 0 fully saturated rings. The number of benzene rings is 1. The molecule has 100 valence electrons. The van der Waals surface area contributed by atoms with Gasteiger partial charge in [0.25, 0.3) is 5.91 Å². The monoisotopic (exact) mass is 291 g/mol. The van der Waals surface area contributed by atoms with Crippen LogP contribution in [0.1, 0.15) is 16.8 Å². The molecule has 1 aromatic rings. The smallest absolute Gasteiger partial charge is 0.255 e. The van der Waals surface area contributed by atoms with E-state index in [1.54, 1.807) is 7.11 Å². The number of carbonyl (C=O) groups excluding carboxylic acids is 1. The number of methoxy groups -OCH3 is 1. The van der Waals surface area contributed by atoms with Gasteiger partial charge in [0.15, 0.2) is 0 Å². The van der Waals surface area contributed by atoms with Gasteiger partial charge in [0.05, 0.1) is 18.2 Å². The van der Waals surface area contributed by atoms with Crippen molar-refractivity contribution in [3.05, 3.63) is 28.8 Å². The Balaban J connectivity index is 2.76. The van der Waals surface area contributed by atoms with Crippen LogP contribution in [-0.2, 0) is 4.74 Å². The maximum absolute atomic E-state index is 11.9. The van der Waals surface area contributed by atoms with Crippen molar-refractivity contribution in [1.82, 2.24) is 5.32 Å². The van der Waals surface area contributed by atoms with Gasteiger partial charge in [0.2, 0.25) is 0 Å². The number of alkyl halides is 1. The number of ether oxygens (including phenoxy) is 1. The van der Waals surface area contributed by atoms with E-state index in [1.807, 2.05) is 0 Å². The Labute approximate surface area is 116 Å². The summed E-state index contributed by atoms with van der Waals surface area (Å²) in [5.41, 5.74) is 0.137. The van der Waals surface area contributed by atoms with Gasteiger partial charge in [-0.25, -0.2) is 0 Å². The second-order valence-corrected chi connectivity index (χ2v) is 4.58. The van der Waals surface area contributed by atoms with Crippen molar-refractivity contribution in [2.45, 2.75) is 12.5 Å². The first-order valence-corrected chi connectivity index (χ1v) is 6.34. The number of rotatable bonds is 6. The van der Waals surface area contributed by atoms with Crippen LogP contribution in [0.5, 0.6) is 5.75 Å². The molecule has 0 radical (unpaired) electrons. The molecule has 1 atom stereocenters. The fourth-order valence-corrected chi connectivity index (χ4v) is 1.92. The minimum absolute atomic E-state index is 0.112. The first-order valence-electron chi connectivity index (χ1n) is 5.42. The van der Waals surface area contributed by atoms with Crippen molar-refractivity contribution in [2.75, 3.05) is 19.6 Å². The molecule has 0 aliphatic heterocycles. The molecule has 1 aromatic carbocycles. The van der Waals surface area contributed by atoms with E-state index in [0.29, 0.717) is 23.9 Å². The van der Waals surface area contributed by atoms with Crippen LogP contribution in [0.25, 0.3) is 0 Å². The minimum Gasteiger partial charge on any atom is -0.507 e. The highest BCUT2D eigenvalue weighted by Crippen LogP contribution is 2.21. The molecular weight excluding hydrogens is 277 g/mol. The van der Waals surface area contributed by atoms with E-state index in [1.165, 1.54) is 18.2 Å². The zero-order valence-corrected chi connectivity index (χ0v) is 11.5. The van der Waals surface area contributed by atoms with Crippen molar-refractivity contribution >= 4 is 29.1 Å². The van der Waals surface area contributed by atoms with Crippen molar-refractivity contribution in [1.29, 1.82) is 0 Å². The van der Waals surface area contributed by atoms with Gasteiger partial charge in [-0.2, -0.15) is 0 Å². The van der Waals surface area contributed by atoms with Gasteiger partial charge < -0.3 is 15.2 Å². The maximum atomic E-state index is 11.9. The molecule has 1 amide bonds. The predicted molar refractivity (Wildman–Crippen MR) is 71.6 cm³/mol. The number of aromatic hydroxyl groups is 1. The summed E-state index contributed by atoms with van der Waals surface area (Å²) in [4.78, 5) is 11.9. The van der Waals surface area contributed by atoms with Crippen molar-refractivity contribution in [3.63, 3.8) is 0 Å². The van der Waals surface area contributed by atoms with Gasteiger partial charge >= 0.3 is 0 Å². The average Bonchev–Trinajstić information content (AvgIpc) is 2.33. The molecule has 0 aliphatic carbocycles. The van der Waals surface area contributed by atoms with Crippen LogP contribution in [0, 0.1) is 0 Å². The third-order valence-electron chi connectivity index (χ3n) is 2.36. The molecule has 0 aromatic heterocycles. The number of halogens is 2. The summed E-state index contributed by atoms with van der Waals surface area (Å²) in [6.45, 7) is 0.361. The number of nitrogens with one attached hydrogen (secondary N) is 1. The third kappa shape index (κ3) is 4.37. The van der Waals surface area contributed by atoms with Gasteiger partial charge in [0.1, 0.15) is 5.75 Å². The highest BCUT2D eigenvalue weighted by atomic mass is 35.5. The first kappa shape index (κ1) is 15.1. The summed E-state index contributed by atoms with van der Waals surface area (Å²) < 4.78 is 4.99. The predicted octanol–water partition coefficient (Wildman–Crippen LogP) is 2.42. The topological polar surface area (TPSA) is 58.6 Å². The molecule has 4 nitrogen and oxygen atoms in total. The van der Waals surface area contributed by atoms with Gasteiger partial charge in [-0.3, -0.25) is 4.79 Å². The number of amides is 1. The van der Waals surface area contributed by atoms with Crippen LogP contribution in [0.15, 0.2) is 18.2 Å². The normalized spacial score (nSPS) is 12.2. The summed E-state index contributed by atoms with van der Waals surface area (Å²) >= 11 is 11.4. The standard InChI is InChI=1S/C12H15Cl2NO3/c1-18-7-9(4-5-13)15-12(17)10-6-8(14)2-3-11(10)16/h2-3,6,9,16H,4-5,7H2,1H3,(H,15,17). The van der Waals surface area contributed by atoms with Crippen molar-refractivity contribution < 1.29 is 14.6 Å². The van der Waals surface area contributed by atoms with Crippen LogP contribution < -0.4 is 5.32 Å². The molecule has 1 rings (SSSR count). The van der Waals surface area contributed by atoms with E-state index in [2.05, 4.69) is 5.32 Å². The molecule has 0 spiro atoms. The molecule has 6 heteroatoms. The number of carbonyl (C=O) groups is 1. The summed E-state index contributed by atoms with van der Waals surface area (Å²) in [6.07, 6.45) is 0.586. The molecule has 0 heterocycles. The van der Waals surface area contributed by atoms with E-state index in [0.717, 1.165) is 0 Å². The maximum Gasteiger partial charge on any atom is 0.255 e. The van der Waals surface area contributed by atoms with Crippen LogP contribution in [0.3, 0.4) is 0 Å². The lowest BCUT2D eigenvalue weighted by Crippen LogP contribution is -2.38. The molecule has 18 heavy (non-hydrogen) atoms. The lowest BCUT2D eigenvalue weighted by Gasteiger charge is -2.17. The quantitative estimate of drug-likeness (QED) is 0.792. The molecular formula is C12H15Cl2NO3. The Morgan fingerprint density at radius 2 is 2.28 bits per heavy atom. The van der Waals surface area contributed by atoms with E-state index in [-0.39, 0.29) is 17.4 Å². The van der Waals surface area contributed by atoms with E-state index in [4.69, 9.17) is 27.9 Å². The Hall–Kier alpha value is -0.970. The number of hydrogen-bond acceptors (Lipinski definition) is 3. The van der Waals surface area contributed by atoms with Crippen LogP contribution in [-0.4, -0.2) is 36.7 Å². The van der Waals surface area contributed by atoms with E-state index < -0.39 is 5.91 Å². The van der Waals surface area contributed by atoms with Gasteiger partial charge in [0, 0.05) is 18.0 Å². The van der Waals surface area contributed by atoms with Crippen LogP contribution in [0.2, 0.25) is 5.02 Å². The molecule has 1 unspecified atom stereocenters. The van der Waals surface area contributed by atoms with Gasteiger partial charge in [-0.1, -0.05) is 11.6 Å². The van der Waals surface area contributed by atoms with Crippen molar-refractivity contribution in [2.24, 2.45) is 0 Å². The highest BCUT2D eigenvalue weighted by Gasteiger charge is 2.16. The summed E-state index contributed by atoms with van der Waals surface area (Å²) in [5.74, 6) is -0.100. The summed E-state index contributed by atoms with van der Waals surface area (Å²) in [6, 6.07) is 4.11. The van der Waals surface area contributed by atoms with Crippen LogP contribution in [0.4, 0.5) is 0 Å².